The summed E-state index contributed by atoms with van der Waals surface area (Å²) in [5.41, 5.74) is 5.48. The fourth-order valence-electron chi connectivity index (χ4n) is 2.35. The first-order valence-corrected chi connectivity index (χ1v) is 6.81. The third-order valence-electron chi connectivity index (χ3n) is 3.43. The first-order chi connectivity index (χ1) is 9.72. The molecule has 4 heteroatoms. The molecule has 3 rings (SSSR count). The van der Waals surface area contributed by atoms with Crippen molar-refractivity contribution in [3.63, 3.8) is 0 Å². The van der Waals surface area contributed by atoms with E-state index in [9.17, 15) is 0 Å². The maximum Gasteiger partial charge on any atom is 0.0890 e. The van der Waals surface area contributed by atoms with E-state index in [1.54, 1.807) is 12.4 Å². The van der Waals surface area contributed by atoms with E-state index in [0.717, 1.165) is 23.3 Å². The summed E-state index contributed by atoms with van der Waals surface area (Å²) in [7, 11) is 0. The fourth-order valence-corrected chi connectivity index (χ4v) is 2.35. The van der Waals surface area contributed by atoms with Crippen LogP contribution in [-0.2, 0) is 6.54 Å². The van der Waals surface area contributed by atoms with Gasteiger partial charge in [0.15, 0.2) is 0 Å². The van der Waals surface area contributed by atoms with E-state index >= 15 is 0 Å². The van der Waals surface area contributed by atoms with Crippen LogP contribution in [0.5, 0.6) is 0 Å². The largest absolute Gasteiger partial charge is 0.383 e. The number of rotatable bonds is 3. The van der Waals surface area contributed by atoms with Gasteiger partial charge in [0.2, 0.25) is 0 Å². The highest BCUT2D eigenvalue weighted by Gasteiger charge is 2.08. The molecule has 2 aromatic rings. The highest BCUT2D eigenvalue weighted by molar-refractivity contribution is 5.74. The standard InChI is InChI=1S/C16H18N4/c1-11-7-12(2)19-10-16(11)20-9-13-3-4-14-15(8-13)18-6-5-17-14/h3-8,10,12,19-20H,9H2,1-2H3. The van der Waals surface area contributed by atoms with Crippen LogP contribution in [0.25, 0.3) is 11.0 Å². The molecule has 0 fully saturated rings. The zero-order chi connectivity index (χ0) is 13.9. The van der Waals surface area contributed by atoms with Gasteiger partial charge in [-0.05, 0) is 37.1 Å². The average Bonchev–Trinajstić information content (AvgIpc) is 2.46. The van der Waals surface area contributed by atoms with Crippen LogP contribution < -0.4 is 10.6 Å². The minimum absolute atomic E-state index is 0.400. The lowest BCUT2D eigenvalue weighted by Gasteiger charge is -2.20. The van der Waals surface area contributed by atoms with Crippen LogP contribution in [0.15, 0.2) is 54.1 Å². The topological polar surface area (TPSA) is 49.8 Å². The normalized spacial score (nSPS) is 18.2. The fraction of sp³-hybridized carbons (Fsp3) is 0.250. The maximum absolute atomic E-state index is 4.33. The molecule has 0 aliphatic carbocycles. The van der Waals surface area contributed by atoms with Gasteiger partial charge < -0.3 is 10.6 Å². The van der Waals surface area contributed by atoms with Crippen molar-refractivity contribution in [2.45, 2.75) is 26.4 Å². The van der Waals surface area contributed by atoms with Crippen molar-refractivity contribution >= 4 is 11.0 Å². The van der Waals surface area contributed by atoms with Crippen LogP contribution >= 0.6 is 0 Å². The molecular weight excluding hydrogens is 248 g/mol. The third kappa shape index (κ3) is 2.64. The molecule has 1 aliphatic rings. The number of nitrogens with zero attached hydrogens (tertiary/aromatic N) is 2. The third-order valence-corrected chi connectivity index (χ3v) is 3.43. The number of dihydropyridines is 1. The van der Waals surface area contributed by atoms with E-state index in [-0.39, 0.29) is 0 Å². The molecule has 1 aromatic heterocycles. The molecule has 102 valence electrons. The molecule has 0 amide bonds. The van der Waals surface area contributed by atoms with Gasteiger partial charge in [0.1, 0.15) is 0 Å². The molecule has 0 saturated heterocycles. The Bertz CT molecular complexity index is 688. The summed E-state index contributed by atoms with van der Waals surface area (Å²) >= 11 is 0. The van der Waals surface area contributed by atoms with E-state index < -0.39 is 0 Å². The van der Waals surface area contributed by atoms with E-state index in [1.807, 2.05) is 12.3 Å². The van der Waals surface area contributed by atoms with E-state index in [0.29, 0.717) is 6.04 Å². The molecule has 2 heterocycles. The summed E-state index contributed by atoms with van der Waals surface area (Å²) in [6, 6.07) is 6.57. The van der Waals surface area contributed by atoms with Gasteiger partial charge in [0.05, 0.1) is 16.7 Å². The molecule has 0 radical (unpaired) electrons. The number of fused-ring (bicyclic) bond motifs is 1. The summed E-state index contributed by atoms with van der Waals surface area (Å²) in [4.78, 5) is 8.61. The molecule has 0 saturated carbocycles. The SMILES string of the molecule is CC1=CC(C)NC=C1NCc1ccc2nccnc2c1. The summed E-state index contributed by atoms with van der Waals surface area (Å²) in [5.74, 6) is 0. The summed E-state index contributed by atoms with van der Waals surface area (Å²) in [6.45, 7) is 5.04. The van der Waals surface area contributed by atoms with Crippen molar-refractivity contribution < 1.29 is 0 Å². The molecule has 1 unspecified atom stereocenters. The van der Waals surface area contributed by atoms with Crippen LogP contribution in [-0.4, -0.2) is 16.0 Å². The molecular formula is C16H18N4. The zero-order valence-electron chi connectivity index (χ0n) is 11.7. The Kier molecular flexibility index (Phi) is 3.37. The van der Waals surface area contributed by atoms with Gasteiger partial charge in [-0.1, -0.05) is 12.1 Å². The van der Waals surface area contributed by atoms with Crippen LogP contribution in [0, 0.1) is 0 Å². The Morgan fingerprint density at radius 1 is 1.20 bits per heavy atom. The molecule has 1 aliphatic heterocycles. The van der Waals surface area contributed by atoms with Crippen LogP contribution in [0.4, 0.5) is 0 Å². The lowest BCUT2D eigenvalue weighted by atomic mass is 10.1. The van der Waals surface area contributed by atoms with Gasteiger partial charge in [-0.2, -0.15) is 0 Å². The van der Waals surface area contributed by atoms with Crippen LogP contribution in [0.3, 0.4) is 0 Å². The lowest BCUT2D eigenvalue weighted by Crippen LogP contribution is -2.27. The second-order valence-corrected chi connectivity index (χ2v) is 5.10. The highest BCUT2D eigenvalue weighted by Crippen LogP contribution is 2.14. The van der Waals surface area contributed by atoms with E-state index in [1.165, 1.54) is 11.1 Å². The van der Waals surface area contributed by atoms with Gasteiger partial charge in [-0.25, -0.2) is 0 Å². The number of hydrogen-bond acceptors (Lipinski definition) is 4. The predicted octanol–water partition coefficient (Wildman–Crippen LogP) is 2.50. The highest BCUT2D eigenvalue weighted by atomic mass is 15.0. The molecule has 20 heavy (non-hydrogen) atoms. The van der Waals surface area contributed by atoms with Crippen molar-refractivity contribution in [3.05, 3.63) is 59.7 Å². The smallest absolute Gasteiger partial charge is 0.0890 e. The monoisotopic (exact) mass is 266 g/mol. The molecule has 0 spiro atoms. The van der Waals surface area contributed by atoms with E-state index in [4.69, 9.17) is 0 Å². The summed E-state index contributed by atoms with van der Waals surface area (Å²) in [6.07, 6.45) is 7.70. The maximum atomic E-state index is 4.33. The van der Waals surface area contributed by atoms with Crippen molar-refractivity contribution in [3.8, 4) is 0 Å². The number of nitrogens with one attached hydrogen (secondary N) is 2. The minimum atomic E-state index is 0.400. The number of allylic oxidation sites excluding steroid dienone is 1. The Labute approximate surface area is 118 Å². The first-order valence-electron chi connectivity index (χ1n) is 6.81. The van der Waals surface area contributed by atoms with Crippen molar-refractivity contribution in [2.75, 3.05) is 0 Å². The number of benzene rings is 1. The number of aromatic nitrogens is 2. The second-order valence-electron chi connectivity index (χ2n) is 5.10. The molecule has 1 atom stereocenters. The molecule has 1 aromatic carbocycles. The summed E-state index contributed by atoms with van der Waals surface area (Å²) < 4.78 is 0. The van der Waals surface area contributed by atoms with Crippen LogP contribution in [0.2, 0.25) is 0 Å². The molecule has 4 nitrogen and oxygen atoms in total. The Balaban J connectivity index is 1.73. The van der Waals surface area contributed by atoms with Crippen LogP contribution in [0.1, 0.15) is 19.4 Å². The van der Waals surface area contributed by atoms with Gasteiger partial charge in [0, 0.05) is 31.2 Å². The Morgan fingerprint density at radius 3 is 2.80 bits per heavy atom. The van der Waals surface area contributed by atoms with Gasteiger partial charge >= 0.3 is 0 Å². The van der Waals surface area contributed by atoms with Crippen molar-refractivity contribution in [1.29, 1.82) is 0 Å². The predicted molar refractivity (Wildman–Crippen MR) is 80.8 cm³/mol. The lowest BCUT2D eigenvalue weighted by molar-refractivity contribution is 0.709. The Hall–Kier alpha value is -2.36. The van der Waals surface area contributed by atoms with E-state index in [2.05, 4.69) is 52.7 Å². The molecule has 2 N–H and O–H groups in total. The van der Waals surface area contributed by atoms with Gasteiger partial charge in [-0.3, -0.25) is 9.97 Å². The minimum Gasteiger partial charge on any atom is -0.383 e. The van der Waals surface area contributed by atoms with Crippen molar-refractivity contribution in [1.82, 2.24) is 20.6 Å². The second kappa shape index (κ2) is 5.33. The molecule has 0 bridgehead atoms. The Morgan fingerprint density at radius 2 is 2.00 bits per heavy atom. The average molecular weight is 266 g/mol. The quantitative estimate of drug-likeness (QED) is 0.896. The summed E-state index contributed by atoms with van der Waals surface area (Å²) in [5, 5.41) is 6.76. The van der Waals surface area contributed by atoms with Gasteiger partial charge in [-0.15, -0.1) is 0 Å². The van der Waals surface area contributed by atoms with Crippen molar-refractivity contribution in [2.24, 2.45) is 0 Å². The first kappa shape index (κ1) is 12.7. The number of hydrogen-bond donors (Lipinski definition) is 2. The van der Waals surface area contributed by atoms with Gasteiger partial charge in [0.25, 0.3) is 0 Å². The zero-order valence-corrected chi connectivity index (χ0v) is 11.7.